The Morgan fingerprint density at radius 1 is 1.33 bits per heavy atom. The SMILES string of the molecule is CCOC(=O)CC(=O)Nc1ccc2[nH]ccc2c1. The molecule has 0 unspecified atom stereocenters. The van der Waals surface area contributed by atoms with Gasteiger partial charge in [0.05, 0.1) is 6.61 Å². The van der Waals surface area contributed by atoms with E-state index in [1.165, 1.54) is 0 Å². The zero-order valence-corrected chi connectivity index (χ0v) is 10.0. The molecule has 18 heavy (non-hydrogen) atoms. The number of aromatic amines is 1. The van der Waals surface area contributed by atoms with Crippen LogP contribution in [0.25, 0.3) is 10.9 Å². The number of hydrogen-bond acceptors (Lipinski definition) is 3. The van der Waals surface area contributed by atoms with Crippen molar-refractivity contribution < 1.29 is 14.3 Å². The lowest BCUT2D eigenvalue weighted by Gasteiger charge is -2.05. The van der Waals surface area contributed by atoms with Gasteiger partial charge in [-0.3, -0.25) is 9.59 Å². The molecule has 94 valence electrons. The number of hydrogen-bond donors (Lipinski definition) is 2. The Morgan fingerprint density at radius 3 is 2.94 bits per heavy atom. The summed E-state index contributed by atoms with van der Waals surface area (Å²) in [7, 11) is 0. The molecule has 2 aromatic rings. The van der Waals surface area contributed by atoms with E-state index < -0.39 is 5.97 Å². The van der Waals surface area contributed by atoms with Crippen LogP contribution in [0.1, 0.15) is 13.3 Å². The largest absolute Gasteiger partial charge is 0.466 e. The van der Waals surface area contributed by atoms with E-state index in [1.54, 1.807) is 13.0 Å². The standard InChI is InChI=1S/C13H14N2O3/c1-2-18-13(17)8-12(16)15-10-3-4-11-9(7-10)5-6-14-11/h3-7,14H,2,8H2,1H3,(H,15,16). The Bertz CT molecular complexity index is 574. The zero-order valence-electron chi connectivity index (χ0n) is 10.0. The second kappa shape index (κ2) is 5.35. The summed E-state index contributed by atoms with van der Waals surface area (Å²) in [4.78, 5) is 25.7. The number of rotatable bonds is 4. The van der Waals surface area contributed by atoms with E-state index in [9.17, 15) is 9.59 Å². The van der Waals surface area contributed by atoms with E-state index in [4.69, 9.17) is 4.74 Å². The number of H-pyrrole nitrogens is 1. The van der Waals surface area contributed by atoms with E-state index in [0.29, 0.717) is 5.69 Å². The van der Waals surface area contributed by atoms with Gasteiger partial charge in [-0.2, -0.15) is 0 Å². The number of ether oxygens (including phenoxy) is 1. The molecule has 0 aliphatic rings. The number of amides is 1. The van der Waals surface area contributed by atoms with Crippen molar-refractivity contribution in [3.63, 3.8) is 0 Å². The van der Waals surface area contributed by atoms with Crippen LogP contribution in [0.15, 0.2) is 30.5 Å². The van der Waals surface area contributed by atoms with Gasteiger partial charge in [0.2, 0.25) is 5.91 Å². The lowest BCUT2D eigenvalue weighted by Crippen LogP contribution is -2.18. The molecule has 1 aromatic heterocycles. The van der Waals surface area contributed by atoms with E-state index in [0.717, 1.165) is 10.9 Å². The number of anilines is 1. The summed E-state index contributed by atoms with van der Waals surface area (Å²) >= 11 is 0. The topological polar surface area (TPSA) is 71.2 Å². The second-order valence-corrected chi connectivity index (χ2v) is 3.81. The number of esters is 1. The maximum absolute atomic E-state index is 11.6. The molecular formula is C13H14N2O3. The number of nitrogens with one attached hydrogen (secondary N) is 2. The van der Waals surface area contributed by atoms with Gasteiger partial charge in [-0.15, -0.1) is 0 Å². The number of carbonyl (C=O) groups excluding carboxylic acids is 2. The van der Waals surface area contributed by atoms with Crippen molar-refractivity contribution in [2.24, 2.45) is 0 Å². The maximum atomic E-state index is 11.6. The molecule has 0 atom stereocenters. The summed E-state index contributed by atoms with van der Waals surface area (Å²) in [5.41, 5.74) is 1.66. The molecule has 0 saturated heterocycles. The highest BCUT2D eigenvalue weighted by atomic mass is 16.5. The van der Waals surface area contributed by atoms with Crippen LogP contribution in [0.3, 0.4) is 0 Å². The smallest absolute Gasteiger partial charge is 0.315 e. The monoisotopic (exact) mass is 246 g/mol. The van der Waals surface area contributed by atoms with Crippen LogP contribution in [-0.4, -0.2) is 23.5 Å². The fraction of sp³-hybridized carbons (Fsp3) is 0.231. The third-order valence-electron chi connectivity index (χ3n) is 2.45. The summed E-state index contributed by atoms with van der Waals surface area (Å²) in [5, 5.41) is 3.66. The summed E-state index contributed by atoms with van der Waals surface area (Å²) in [6.45, 7) is 1.98. The number of carbonyl (C=O) groups is 2. The highest BCUT2D eigenvalue weighted by molar-refractivity contribution is 6.02. The number of aromatic nitrogens is 1. The van der Waals surface area contributed by atoms with Gasteiger partial charge in [0, 0.05) is 22.8 Å². The van der Waals surface area contributed by atoms with Crippen molar-refractivity contribution in [3.05, 3.63) is 30.5 Å². The van der Waals surface area contributed by atoms with Crippen LogP contribution >= 0.6 is 0 Å². The highest BCUT2D eigenvalue weighted by Crippen LogP contribution is 2.17. The molecule has 0 radical (unpaired) electrons. The van der Waals surface area contributed by atoms with Crippen LogP contribution in [-0.2, 0) is 14.3 Å². The molecule has 0 fully saturated rings. The minimum atomic E-state index is -0.516. The van der Waals surface area contributed by atoms with Gasteiger partial charge in [0.25, 0.3) is 0 Å². The van der Waals surface area contributed by atoms with Gasteiger partial charge in [0.1, 0.15) is 6.42 Å². The predicted octanol–water partition coefficient (Wildman–Crippen LogP) is 2.06. The Kier molecular flexibility index (Phi) is 3.62. The van der Waals surface area contributed by atoms with Crippen LogP contribution in [0.4, 0.5) is 5.69 Å². The van der Waals surface area contributed by atoms with E-state index in [2.05, 4.69) is 10.3 Å². The average molecular weight is 246 g/mol. The molecule has 1 amide bonds. The van der Waals surface area contributed by atoms with Gasteiger partial charge in [-0.25, -0.2) is 0 Å². The van der Waals surface area contributed by atoms with Crippen LogP contribution in [0, 0.1) is 0 Å². The molecule has 2 N–H and O–H groups in total. The van der Waals surface area contributed by atoms with Crippen LogP contribution < -0.4 is 5.32 Å². The van der Waals surface area contributed by atoms with Crippen LogP contribution in [0.2, 0.25) is 0 Å². The normalized spacial score (nSPS) is 10.3. The molecule has 1 heterocycles. The van der Waals surface area contributed by atoms with Gasteiger partial charge >= 0.3 is 5.97 Å². The second-order valence-electron chi connectivity index (χ2n) is 3.81. The van der Waals surface area contributed by atoms with Gasteiger partial charge < -0.3 is 15.0 Å². The lowest BCUT2D eigenvalue weighted by molar-refractivity contribution is -0.145. The first-order chi connectivity index (χ1) is 8.69. The molecule has 0 bridgehead atoms. The molecule has 0 spiro atoms. The van der Waals surface area contributed by atoms with E-state index in [1.807, 2.05) is 24.4 Å². The molecule has 2 rings (SSSR count). The Morgan fingerprint density at radius 2 is 2.17 bits per heavy atom. The minimum absolute atomic E-state index is 0.265. The first kappa shape index (κ1) is 12.2. The van der Waals surface area contributed by atoms with Crippen molar-refractivity contribution in [1.82, 2.24) is 4.98 Å². The van der Waals surface area contributed by atoms with E-state index in [-0.39, 0.29) is 18.9 Å². The maximum Gasteiger partial charge on any atom is 0.315 e. The molecule has 0 aliphatic heterocycles. The molecular weight excluding hydrogens is 232 g/mol. The van der Waals surface area contributed by atoms with Crippen molar-refractivity contribution in [1.29, 1.82) is 0 Å². The minimum Gasteiger partial charge on any atom is -0.466 e. The number of benzene rings is 1. The summed E-state index contributed by atoms with van der Waals surface area (Å²) < 4.78 is 4.70. The number of fused-ring (bicyclic) bond motifs is 1. The fourth-order valence-electron chi connectivity index (χ4n) is 1.68. The quantitative estimate of drug-likeness (QED) is 0.640. The molecule has 0 saturated carbocycles. The Balaban J connectivity index is 2.00. The molecule has 5 nitrogen and oxygen atoms in total. The van der Waals surface area contributed by atoms with Gasteiger partial charge in [0.15, 0.2) is 0 Å². The predicted molar refractivity (Wildman–Crippen MR) is 68.2 cm³/mol. The van der Waals surface area contributed by atoms with Gasteiger partial charge in [-0.1, -0.05) is 0 Å². The molecule has 0 aliphatic carbocycles. The third-order valence-corrected chi connectivity index (χ3v) is 2.45. The van der Waals surface area contributed by atoms with Crippen molar-refractivity contribution >= 4 is 28.5 Å². The van der Waals surface area contributed by atoms with E-state index >= 15 is 0 Å². The summed E-state index contributed by atoms with van der Waals surface area (Å²) in [6, 6.07) is 7.41. The Labute approximate surface area is 104 Å². The third kappa shape index (κ3) is 2.88. The van der Waals surface area contributed by atoms with Gasteiger partial charge in [-0.05, 0) is 31.2 Å². The fourth-order valence-corrected chi connectivity index (χ4v) is 1.68. The first-order valence-electron chi connectivity index (χ1n) is 5.71. The summed E-state index contributed by atoms with van der Waals surface area (Å²) in [5.74, 6) is -0.888. The molecule has 5 heteroatoms. The molecule has 1 aromatic carbocycles. The Hall–Kier alpha value is -2.30. The first-order valence-corrected chi connectivity index (χ1v) is 5.71. The van der Waals surface area contributed by atoms with Crippen molar-refractivity contribution in [2.45, 2.75) is 13.3 Å². The highest BCUT2D eigenvalue weighted by Gasteiger charge is 2.10. The van der Waals surface area contributed by atoms with Crippen LogP contribution in [0.5, 0.6) is 0 Å². The van der Waals surface area contributed by atoms with Crippen molar-refractivity contribution in [2.75, 3.05) is 11.9 Å². The van der Waals surface area contributed by atoms with Crippen molar-refractivity contribution in [3.8, 4) is 0 Å². The zero-order chi connectivity index (χ0) is 13.0. The lowest BCUT2D eigenvalue weighted by atomic mass is 10.2. The summed E-state index contributed by atoms with van der Waals surface area (Å²) in [6.07, 6.45) is 1.56. The average Bonchev–Trinajstić information content (AvgIpc) is 2.76.